The number of rotatable bonds is 12. The molecular formula is C26H31NO5. The molecule has 0 saturated heterocycles. The molecule has 3 aromatic rings. The van der Waals surface area contributed by atoms with Gasteiger partial charge in [-0.1, -0.05) is 50.2 Å². The highest BCUT2D eigenvalue weighted by atomic mass is 16.5. The van der Waals surface area contributed by atoms with Gasteiger partial charge in [-0.15, -0.1) is 0 Å². The molecule has 6 heteroatoms. The largest absolute Gasteiger partial charge is 0.462 e. The first-order valence-corrected chi connectivity index (χ1v) is 11.0. The molecule has 6 nitrogen and oxygen atoms in total. The lowest BCUT2D eigenvalue weighted by Gasteiger charge is -2.13. The van der Waals surface area contributed by atoms with Crippen molar-refractivity contribution in [3.63, 3.8) is 0 Å². The summed E-state index contributed by atoms with van der Waals surface area (Å²) in [4.78, 5) is 16.9. The second-order valence-corrected chi connectivity index (χ2v) is 8.07. The number of aromatic nitrogens is 1. The van der Waals surface area contributed by atoms with Crippen molar-refractivity contribution in [2.45, 2.75) is 40.4 Å². The number of oxazole rings is 1. The van der Waals surface area contributed by atoms with Crippen molar-refractivity contribution >= 4 is 5.97 Å². The lowest BCUT2D eigenvalue weighted by molar-refractivity contribution is 0.0445. The third kappa shape index (κ3) is 7.04. The minimum Gasteiger partial charge on any atom is -0.462 e. The Balaban J connectivity index is 1.38. The summed E-state index contributed by atoms with van der Waals surface area (Å²) in [6, 6.07) is 15.5. The summed E-state index contributed by atoms with van der Waals surface area (Å²) in [5, 5.41) is 0. The molecule has 1 aromatic heterocycles. The van der Waals surface area contributed by atoms with E-state index in [1.165, 1.54) is 0 Å². The average Bonchev–Trinajstić information content (AvgIpc) is 3.26. The predicted octanol–water partition coefficient (Wildman–Crippen LogP) is 5.59. The number of carbonyl (C=O) groups excluding carboxylic acids is 1. The van der Waals surface area contributed by atoms with Crippen LogP contribution in [0.2, 0.25) is 0 Å². The van der Waals surface area contributed by atoms with E-state index in [0.29, 0.717) is 50.4 Å². The summed E-state index contributed by atoms with van der Waals surface area (Å²) in [5.41, 5.74) is 4.04. The van der Waals surface area contributed by atoms with Gasteiger partial charge in [0.2, 0.25) is 5.89 Å². The predicted molar refractivity (Wildman–Crippen MR) is 122 cm³/mol. The minimum absolute atomic E-state index is 0.291. The van der Waals surface area contributed by atoms with E-state index in [4.69, 9.17) is 18.6 Å². The van der Waals surface area contributed by atoms with Gasteiger partial charge in [0.05, 0.1) is 25.4 Å². The number of hydrogen-bond donors (Lipinski definition) is 0. The molecule has 0 saturated carbocycles. The Morgan fingerprint density at radius 1 is 1.00 bits per heavy atom. The van der Waals surface area contributed by atoms with Gasteiger partial charge in [-0.2, -0.15) is 0 Å². The summed E-state index contributed by atoms with van der Waals surface area (Å²) >= 11 is 0. The first-order chi connectivity index (χ1) is 15.5. The molecule has 0 aliphatic rings. The number of benzene rings is 2. The van der Waals surface area contributed by atoms with Gasteiger partial charge < -0.3 is 18.6 Å². The zero-order chi connectivity index (χ0) is 22.8. The molecule has 0 aliphatic heterocycles. The van der Waals surface area contributed by atoms with Crippen LogP contribution in [0.15, 0.2) is 59.2 Å². The topological polar surface area (TPSA) is 70.8 Å². The molecule has 0 amide bonds. The summed E-state index contributed by atoms with van der Waals surface area (Å²) in [6.45, 7) is 8.17. The van der Waals surface area contributed by atoms with Gasteiger partial charge in [-0.25, -0.2) is 9.78 Å². The Hall–Kier alpha value is -2.96. The Bertz CT molecular complexity index is 981. The van der Waals surface area contributed by atoms with E-state index in [-0.39, 0.29) is 5.97 Å². The van der Waals surface area contributed by atoms with Crippen LogP contribution < -0.4 is 0 Å². The van der Waals surface area contributed by atoms with Crippen LogP contribution in [0.25, 0.3) is 11.5 Å². The van der Waals surface area contributed by atoms with Gasteiger partial charge in [0, 0.05) is 18.8 Å². The molecule has 0 N–H and O–H groups in total. The van der Waals surface area contributed by atoms with Crippen LogP contribution in [-0.4, -0.2) is 30.8 Å². The van der Waals surface area contributed by atoms with Crippen LogP contribution in [0.4, 0.5) is 0 Å². The van der Waals surface area contributed by atoms with Crippen LogP contribution in [0.1, 0.15) is 47.4 Å². The first-order valence-electron chi connectivity index (χ1n) is 11.0. The van der Waals surface area contributed by atoms with Gasteiger partial charge in [0.1, 0.15) is 12.0 Å². The Morgan fingerprint density at radius 2 is 1.75 bits per heavy atom. The number of esters is 1. The highest BCUT2D eigenvalue weighted by Gasteiger charge is 2.16. The standard InChI is InChI=1S/C26H31NO5/c1-19(2)15-32-26(28)24-20(3)9-7-12-22(24)16-29-13-8-14-30-17-23-18-31-25(27-23)21-10-5-4-6-11-21/h4-7,9-12,18-19H,8,13-17H2,1-3H3. The third-order valence-corrected chi connectivity index (χ3v) is 4.77. The number of nitrogens with zero attached hydrogens (tertiary/aromatic N) is 1. The van der Waals surface area contributed by atoms with Crippen molar-refractivity contribution in [3.05, 3.63) is 77.2 Å². The van der Waals surface area contributed by atoms with E-state index < -0.39 is 0 Å². The maximum Gasteiger partial charge on any atom is 0.338 e. The van der Waals surface area contributed by atoms with Crippen molar-refractivity contribution < 1.29 is 23.4 Å². The average molecular weight is 438 g/mol. The zero-order valence-electron chi connectivity index (χ0n) is 19.0. The molecule has 3 rings (SSSR count). The molecular weight excluding hydrogens is 406 g/mol. The minimum atomic E-state index is -0.291. The molecule has 2 aromatic carbocycles. The summed E-state index contributed by atoms with van der Waals surface area (Å²) in [7, 11) is 0. The fraction of sp³-hybridized carbons (Fsp3) is 0.385. The van der Waals surface area contributed by atoms with Gasteiger partial charge in [-0.05, 0) is 42.5 Å². The first kappa shape index (κ1) is 23.7. The quantitative estimate of drug-likeness (QED) is 0.272. The number of hydrogen-bond acceptors (Lipinski definition) is 6. The van der Waals surface area contributed by atoms with Crippen molar-refractivity contribution in [2.75, 3.05) is 19.8 Å². The van der Waals surface area contributed by atoms with Gasteiger partial charge in [-0.3, -0.25) is 0 Å². The molecule has 0 aliphatic carbocycles. The van der Waals surface area contributed by atoms with Crippen molar-refractivity contribution in [3.8, 4) is 11.5 Å². The molecule has 0 spiro atoms. The van der Waals surface area contributed by atoms with E-state index >= 15 is 0 Å². The van der Waals surface area contributed by atoms with E-state index in [1.54, 1.807) is 6.26 Å². The third-order valence-electron chi connectivity index (χ3n) is 4.77. The molecule has 32 heavy (non-hydrogen) atoms. The summed E-state index contributed by atoms with van der Waals surface area (Å²) < 4.78 is 22.4. The lowest BCUT2D eigenvalue weighted by atomic mass is 10.0. The monoisotopic (exact) mass is 437 g/mol. The SMILES string of the molecule is Cc1cccc(COCCCOCc2coc(-c3ccccc3)n2)c1C(=O)OCC(C)C. The number of ether oxygens (including phenoxy) is 3. The lowest BCUT2D eigenvalue weighted by Crippen LogP contribution is -2.14. The van der Waals surface area contributed by atoms with E-state index in [9.17, 15) is 4.79 Å². The van der Waals surface area contributed by atoms with E-state index in [1.807, 2.05) is 69.3 Å². The van der Waals surface area contributed by atoms with Crippen molar-refractivity contribution in [1.29, 1.82) is 0 Å². The normalized spacial score (nSPS) is 11.1. The number of aryl methyl sites for hydroxylation is 1. The highest BCUT2D eigenvalue weighted by molar-refractivity contribution is 5.92. The molecule has 170 valence electrons. The number of carbonyl (C=O) groups is 1. The molecule has 0 fully saturated rings. The second-order valence-electron chi connectivity index (χ2n) is 8.07. The molecule has 0 bridgehead atoms. The van der Waals surface area contributed by atoms with Crippen LogP contribution in [-0.2, 0) is 27.4 Å². The molecule has 1 heterocycles. The van der Waals surface area contributed by atoms with Crippen LogP contribution in [0.3, 0.4) is 0 Å². The van der Waals surface area contributed by atoms with E-state index in [2.05, 4.69) is 4.98 Å². The Labute approximate surface area is 189 Å². The fourth-order valence-corrected chi connectivity index (χ4v) is 3.16. The van der Waals surface area contributed by atoms with Gasteiger partial charge >= 0.3 is 5.97 Å². The molecule has 0 atom stereocenters. The van der Waals surface area contributed by atoms with Gasteiger partial charge in [0.25, 0.3) is 0 Å². The Morgan fingerprint density at radius 3 is 2.50 bits per heavy atom. The van der Waals surface area contributed by atoms with Gasteiger partial charge in [0.15, 0.2) is 0 Å². The van der Waals surface area contributed by atoms with Crippen LogP contribution in [0.5, 0.6) is 0 Å². The molecule has 0 unspecified atom stereocenters. The second kappa shape index (κ2) is 12.2. The highest BCUT2D eigenvalue weighted by Crippen LogP contribution is 2.19. The van der Waals surface area contributed by atoms with E-state index in [0.717, 1.165) is 28.8 Å². The van der Waals surface area contributed by atoms with Crippen molar-refractivity contribution in [1.82, 2.24) is 4.98 Å². The summed E-state index contributed by atoms with van der Waals surface area (Å²) in [6.07, 6.45) is 2.36. The Kier molecular flexibility index (Phi) is 9.01. The maximum absolute atomic E-state index is 12.5. The zero-order valence-corrected chi connectivity index (χ0v) is 19.0. The fourth-order valence-electron chi connectivity index (χ4n) is 3.16. The maximum atomic E-state index is 12.5. The van der Waals surface area contributed by atoms with Crippen LogP contribution in [0, 0.1) is 12.8 Å². The van der Waals surface area contributed by atoms with Crippen molar-refractivity contribution in [2.24, 2.45) is 5.92 Å². The summed E-state index contributed by atoms with van der Waals surface area (Å²) in [5.74, 6) is 0.597. The smallest absolute Gasteiger partial charge is 0.338 e. The van der Waals surface area contributed by atoms with Crippen LogP contribution >= 0.6 is 0 Å². The molecule has 0 radical (unpaired) electrons.